The van der Waals surface area contributed by atoms with Crippen LogP contribution in [0.1, 0.15) is 9.67 Å². The number of carbonyl (C=O) groups excluding carboxylic acids is 2. The average Bonchev–Trinajstić information content (AvgIpc) is 3.06. The Kier molecular flexibility index (Phi) is 5.58. The molecule has 0 atom stereocenters. The molecule has 1 aromatic heterocycles. The van der Waals surface area contributed by atoms with Crippen molar-refractivity contribution in [3.63, 3.8) is 0 Å². The van der Waals surface area contributed by atoms with Crippen molar-refractivity contribution >= 4 is 49.9 Å². The number of halogens is 1. The normalized spacial score (nSPS) is 10.6. The van der Waals surface area contributed by atoms with Gasteiger partial charge in [0.25, 0.3) is 5.91 Å². The molecule has 0 saturated heterocycles. The fourth-order valence-corrected chi connectivity index (χ4v) is 3.82. The van der Waals surface area contributed by atoms with Crippen LogP contribution in [-0.4, -0.2) is 37.5 Å². The second-order valence-corrected chi connectivity index (χ2v) is 8.08. The van der Waals surface area contributed by atoms with Crippen molar-refractivity contribution in [3.05, 3.63) is 57.2 Å². The van der Waals surface area contributed by atoms with E-state index in [4.69, 9.17) is 9.47 Å². The van der Waals surface area contributed by atoms with E-state index in [2.05, 4.69) is 15.9 Å². The standard InChI is InChI=1S/C19H16BrNO4S/c1-21(19(23)16-7-8-17(20)26-16)11-18(22)25-15-6-4-12-3-5-14(24-2)9-13(12)10-15/h3-10H,11H2,1-2H3. The Morgan fingerprint density at radius 2 is 1.73 bits per heavy atom. The molecule has 134 valence electrons. The lowest BCUT2D eigenvalue weighted by atomic mass is 10.1. The smallest absolute Gasteiger partial charge is 0.331 e. The summed E-state index contributed by atoms with van der Waals surface area (Å²) >= 11 is 4.64. The first-order valence-electron chi connectivity index (χ1n) is 7.75. The molecule has 0 saturated carbocycles. The first kappa shape index (κ1) is 18.4. The Morgan fingerprint density at radius 1 is 1.04 bits per heavy atom. The highest BCUT2D eigenvalue weighted by molar-refractivity contribution is 9.11. The van der Waals surface area contributed by atoms with Gasteiger partial charge in [-0.3, -0.25) is 4.79 Å². The van der Waals surface area contributed by atoms with Gasteiger partial charge in [-0.15, -0.1) is 11.3 Å². The highest BCUT2D eigenvalue weighted by Crippen LogP contribution is 2.25. The lowest BCUT2D eigenvalue weighted by Crippen LogP contribution is -2.33. The van der Waals surface area contributed by atoms with Crippen molar-refractivity contribution in [2.75, 3.05) is 20.7 Å². The minimum atomic E-state index is -0.501. The third kappa shape index (κ3) is 4.23. The van der Waals surface area contributed by atoms with Gasteiger partial charge in [-0.2, -0.15) is 0 Å². The number of carbonyl (C=O) groups is 2. The molecule has 0 aliphatic heterocycles. The van der Waals surface area contributed by atoms with Crippen LogP contribution in [-0.2, 0) is 4.79 Å². The quantitative estimate of drug-likeness (QED) is 0.443. The molecule has 0 spiro atoms. The monoisotopic (exact) mass is 433 g/mol. The Balaban J connectivity index is 1.67. The van der Waals surface area contributed by atoms with Crippen LogP contribution in [0.2, 0.25) is 0 Å². The third-order valence-electron chi connectivity index (χ3n) is 3.75. The first-order chi connectivity index (χ1) is 12.5. The molecule has 0 radical (unpaired) electrons. The summed E-state index contributed by atoms with van der Waals surface area (Å²) in [6.07, 6.45) is 0. The first-order valence-corrected chi connectivity index (χ1v) is 9.36. The summed E-state index contributed by atoms with van der Waals surface area (Å²) in [4.78, 5) is 26.4. The number of esters is 1. The van der Waals surface area contributed by atoms with Crippen molar-refractivity contribution in [2.45, 2.75) is 0 Å². The molecule has 0 fully saturated rings. The second-order valence-electron chi connectivity index (χ2n) is 5.61. The van der Waals surface area contributed by atoms with E-state index < -0.39 is 5.97 Å². The Morgan fingerprint density at radius 3 is 2.38 bits per heavy atom. The van der Waals surface area contributed by atoms with Gasteiger partial charge in [0.05, 0.1) is 15.8 Å². The lowest BCUT2D eigenvalue weighted by molar-refractivity contribution is -0.134. The predicted octanol–water partition coefficient (Wildman–Crippen LogP) is 4.35. The summed E-state index contributed by atoms with van der Waals surface area (Å²) in [5.74, 6) is 0.434. The van der Waals surface area contributed by atoms with Crippen LogP contribution < -0.4 is 9.47 Å². The van der Waals surface area contributed by atoms with Gasteiger partial charge in [-0.05, 0) is 63.1 Å². The van der Waals surface area contributed by atoms with E-state index >= 15 is 0 Å². The molecule has 0 aliphatic carbocycles. The summed E-state index contributed by atoms with van der Waals surface area (Å²) < 4.78 is 11.5. The van der Waals surface area contributed by atoms with Crippen molar-refractivity contribution < 1.29 is 19.1 Å². The summed E-state index contributed by atoms with van der Waals surface area (Å²) in [6, 6.07) is 14.6. The second kappa shape index (κ2) is 7.88. The van der Waals surface area contributed by atoms with Gasteiger partial charge in [0.1, 0.15) is 18.0 Å². The largest absolute Gasteiger partial charge is 0.497 e. The summed E-state index contributed by atoms with van der Waals surface area (Å²) in [7, 11) is 3.17. The molecule has 0 N–H and O–H groups in total. The number of nitrogens with zero attached hydrogens (tertiary/aromatic N) is 1. The van der Waals surface area contributed by atoms with Crippen molar-refractivity contribution in [1.29, 1.82) is 0 Å². The average molecular weight is 434 g/mol. The molecule has 0 unspecified atom stereocenters. The van der Waals surface area contributed by atoms with Crippen LogP contribution in [0.4, 0.5) is 0 Å². The maximum absolute atomic E-state index is 12.3. The van der Waals surface area contributed by atoms with Gasteiger partial charge >= 0.3 is 5.97 Å². The van der Waals surface area contributed by atoms with E-state index in [1.165, 1.54) is 16.2 Å². The van der Waals surface area contributed by atoms with E-state index in [9.17, 15) is 9.59 Å². The lowest BCUT2D eigenvalue weighted by Gasteiger charge is -2.15. The number of likely N-dealkylation sites (N-methyl/N-ethyl adjacent to an activating group) is 1. The molecular weight excluding hydrogens is 418 g/mol. The van der Waals surface area contributed by atoms with Crippen LogP contribution in [0.3, 0.4) is 0 Å². The molecule has 0 bridgehead atoms. The minimum absolute atomic E-state index is 0.134. The molecule has 1 amide bonds. The Bertz CT molecular complexity index is 969. The van der Waals surface area contributed by atoms with Crippen LogP contribution >= 0.6 is 27.3 Å². The molecule has 1 heterocycles. The number of methoxy groups -OCH3 is 1. The minimum Gasteiger partial charge on any atom is -0.497 e. The van der Waals surface area contributed by atoms with Gasteiger partial charge in [0.15, 0.2) is 0 Å². The summed E-state index contributed by atoms with van der Waals surface area (Å²) in [5, 5.41) is 1.92. The van der Waals surface area contributed by atoms with Gasteiger partial charge in [-0.1, -0.05) is 12.1 Å². The van der Waals surface area contributed by atoms with Gasteiger partial charge in [0, 0.05) is 7.05 Å². The number of hydrogen-bond donors (Lipinski definition) is 0. The number of amides is 1. The van der Waals surface area contributed by atoms with Crippen LogP contribution in [0.15, 0.2) is 52.3 Å². The van der Waals surface area contributed by atoms with Crippen LogP contribution in [0.25, 0.3) is 10.8 Å². The fraction of sp³-hybridized carbons (Fsp3) is 0.158. The molecule has 3 aromatic rings. The highest BCUT2D eigenvalue weighted by Gasteiger charge is 2.18. The molecule has 0 aliphatic rings. The molecule has 7 heteroatoms. The highest BCUT2D eigenvalue weighted by atomic mass is 79.9. The fourth-order valence-electron chi connectivity index (χ4n) is 2.44. The number of ether oxygens (including phenoxy) is 2. The summed E-state index contributed by atoms with van der Waals surface area (Å²) in [6.45, 7) is -0.134. The van der Waals surface area contributed by atoms with Crippen LogP contribution in [0.5, 0.6) is 11.5 Å². The molecular formula is C19H16BrNO4S. The predicted molar refractivity (Wildman–Crippen MR) is 105 cm³/mol. The van der Waals surface area contributed by atoms with E-state index in [-0.39, 0.29) is 12.5 Å². The number of hydrogen-bond acceptors (Lipinski definition) is 5. The van der Waals surface area contributed by atoms with E-state index in [1.54, 1.807) is 38.4 Å². The van der Waals surface area contributed by atoms with E-state index in [1.807, 2.05) is 24.3 Å². The third-order valence-corrected chi connectivity index (χ3v) is 5.36. The van der Waals surface area contributed by atoms with Gasteiger partial charge in [-0.25, -0.2) is 4.79 Å². The molecule has 2 aromatic carbocycles. The zero-order valence-corrected chi connectivity index (χ0v) is 16.6. The maximum atomic E-state index is 12.3. The van der Waals surface area contributed by atoms with Crippen molar-refractivity contribution in [1.82, 2.24) is 4.90 Å². The van der Waals surface area contributed by atoms with Crippen molar-refractivity contribution in [3.8, 4) is 11.5 Å². The molecule has 26 heavy (non-hydrogen) atoms. The van der Waals surface area contributed by atoms with Crippen LogP contribution in [0, 0.1) is 0 Å². The SMILES string of the molecule is COc1ccc2ccc(OC(=O)CN(C)C(=O)c3ccc(Br)s3)cc2c1. The number of rotatable bonds is 5. The zero-order valence-electron chi connectivity index (χ0n) is 14.2. The van der Waals surface area contributed by atoms with E-state index in [0.29, 0.717) is 10.6 Å². The summed E-state index contributed by atoms with van der Waals surface area (Å²) in [5.41, 5.74) is 0. The van der Waals surface area contributed by atoms with E-state index in [0.717, 1.165) is 20.3 Å². The molecule has 3 rings (SSSR count). The number of thiophene rings is 1. The zero-order chi connectivity index (χ0) is 18.7. The number of benzene rings is 2. The maximum Gasteiger partial charge on any atom is 0.331 e. The Hall–Kier alpha value is -2.38. The molecule has 5 nitrogen and oxygen atoms in total. The topological polar surface area (TPSA) is 55.8 Å². The van der Waals surface area contributed by atoms with Gasteiger partial charge < -0.3 is 14.4 Å². The van der Waals surface area contributed by atoms with Gasteiger partial charge in [0.2, 0.25) is 0 Å². The van der Waals surface area contributed by atoms with Crippen molar-refractivity contribution in [2.24, 2.45) is 0 Å². The number of fused-ring (bicyclic) bond motifs is 1. The Labute approximate surface area is 163 Å².